The van der Waals surface area contributed by atoms with Crippen molar-refractivity contribution in [3.8, 4) is 5.75 Å². The number of nitrogens with one attached hydrogen (secondary N) is 1. The van der Waals surface area contributed by atoms with Crippen LogP contribution in [0.2, 0.25) is 0 Å². The van der Waals surface area contributed by atoms with E-state index in [1.165, 1.54) is 42.3 Å². The third-order valence-corrected chi connectivity index (χ3v) is 6.78. The van der Waals surface area contributed by atoms with Crippen LogP contribution in [-0.4, -0.2) is 62.6 Å². The molecule has 0 aliphatic rings. The highest BCUT2D eigenvalue weighted by Crippen LogP contribution is 2.34. The number of carbonyl (C=O) groups is 2. The zero-order valence-electron chi connectivity index (χ0n) is 22.0. The van der Waals surface area contributed by atoms with E-state index < -0.39 is 50.9 Å². The molecular formula is C25H33FN4O7S. The van der Waals surface area contributed by atoms with Gasteiger partial charge in [-0.1, -0.05) is 32.9 Å². The molecule has 38 heavy (non-hydrogen) atoms. The van der Waals surface area contributed by atoms with E-state index in [-0.39, 0.29) is 30.3 Å². The summed E-state index contributed by atoms with van der Waals surface area (Å²) in [5, 5.41) is 14.1. The average Bonchev–Trinajstić information content (AvgIpc) is 2.85. The Morgan fingerprint density at radius 3 is 2.29 bits per heavy atom. The quantitative estimate of drug-likeness (QED) is 0.298. The number of amides is 2. The third kappa shape index (κ3) is 8.13. The topological polar surface area (TPSA) is 139 Å². The first-order valence-electron chi connectivity index (χ1n) is 11.9. The smallest absolute Gasteiger partial charge is 0.271 e. The molecule has 0 saturated heterocycles. The van der Waals surface area contributed by atoms with Gasteiger partial charge in [-0.05, 0) is 36.1 Å². The van der Waals surface area contributed by atoms with Crippen LogP contribution in [0.3, 0.4) is 0 Å². The summed E-state index contributed by atoms with van der Waals surface area (Å²) in [5.41, 5.74) is -0.0742. The lowest BCUT2D eigenvalue weighted by atomic mass is 10.1. The molecule has 208 valence electrons. The first-order chi connectivity index (χ1) is 17.8. The molecule has 2 rings (SSSR count). The van der Waals surface area contributed by atoms with Crippen LogP contribution in [0.25, 0.3) is 0 Å². The summed E-state index contributed by atoms with van der Waals surface area (Å²) in [6.07, 6.45) is 1.07. The molecule has 2 aromatic carbocycles. The summed E-state index contributed by atoms with van der Waals surface area (Å²) in [5.74, 6) is -1.48. The SMILES string of the molecule is CCC(C(=O)NCC(C)C)N(Cc1ccc(F)cc1)C(=O)CN(c1cc([N+](=O)[O-])ccc1OC)S(C)(=O)=O. The Bertz CT molecular complexity index is 1250. The molecule has 2 aromatic rings. The van der Waals surface area contributed by atoms with Crippen molar-refractivity contribution in [1.29, 1.82) is 0 Å². The van der Waals surface area contributed by atoms with Crippen molar-refractivity contribution < 1.29 is 32.1 Å². The fourth-order valence-corrected chi connectivity index (χ4v) is 4.56. The molecule has 1 unspecified atom stereocenters. The van der Waals surface area contributed by atoms with Gasteiger partial charge in [0.25, 0.3) is 5.69 Å². The molecule has 0 saturated carbocycles. The number of rotatable bonds is 13. The minimum atomic E-state index is -4.14. The molecule has 11 nitrogen and oxygen atoms in total. The van der Waals surface area contributed by atoms with Crippen LogP contribution in [-0.2, 0) is 26.2 Å². The number of nitrogens with zero attached hydrogens (tertiary/aromatic N) is 3. The highest BCUT2D eigenvalue weighted by atomic mass is 32.2. The number of hydrogen-bond donors (Lipinski definition) is 1. The molecule has 0 fully saturated rings. The lowest BCUT2D eigenvalue weighted by Crippen LogP contribution is -2.52. The van der Waals surface area contributed by atoms with Gasteiger partial charge in [0, 0.05) is 25.2 Å². The van der Waals surface area contributed by atoms with Crippen molar-refractivity contribution in [2.24, 2.45) is 5.92 Å². The maximum Gasteiger partial charge on any atom is 0.271 e. The predicted octanol–water partition coefficient (Wildman–Crippen LogP) is 3.09. The van der Waals surface area contributed by atoms with Gasteiger partial charge in [0.15, 0.2) is 0 Å². The number of anilines is 1. The fourth-order valence-electron chi connectivity index (χ4n) is 3.71. The van der Waals surface area contributed by atoms with Crippen LogP contribution in [0, 0.1) is 21.8 Å². The van der Waals surface area contributed by atoms with E-state index in [0.29, 0.717) is 16.4 Å². The first kappa shape index (κ1) is 30.5. The minimum Gasteiger partial charge on any atom is -0.495 e. The fraction of sp³-hybridized carbons (Fsp3) is 0.440. The molecule has 1 N–H and O–H groups in total. The zero-order valence-corrected chi connectivity index (χ0v) is 22.8. The second-order valence-electron chi connectivity index (χ2n) is 9.09. The Labute approximate surface area is 221 Å². The number of nitro benzene ring substituents is 1. The number of carbonyl (C=O) groups excluding carboxylic acids is 2. The van der Waals surface area contributed by atoms with Gasteiger partial charge in [0.1, 0.15) is 29.8 Å². The highest BCUT2D eigenvalue weighted by molar-refractivity contribution is 7.92. The normalized spacial score (nSPS) is 12.1. The Balaban J connectivity index is 2.53. The van der Waals surface area contributed by atoms with E-state index in [2.05, 4.69) is 5.32 Å². The molecule has 0 aliphatic heterocycles. The number of non-ortho nitro benzene ring substituents is 1. The van der Waals surface area contributed by atoms with Gasteiger partial charge < -0.3 is 15.0 Å². The Kier molecular flexibility index (Phi) is 10.6. The van der Waals surface area contributed by atoms with Gasteiger partial charge in [-0.25, -0.2) is 12.8 Å². The van der Waals surface area contributed by atoms with Crippen molar-refractivity contribution >= 4 is 33.2 Å². The lowest BCUT2D eigenvalue weighted by Gasteiger charge is -2.33. The van der Waals surface area contributed by atoms with Crippen LogP contribution >= 0.6 is 0 Å². The van der Waals surface area contributed by atoms with Crippen LogP contribution in [0.1, 0.15) is 32.8 Å². The molecule has 13 heteroatoms. The van der Waals surface area contributed by atoms with Gasteiger partial charge in [-0.15, -0.1) is 0 Å². The molecule has 0 radical (unpaired) electrons. The number of benzene rings is 2. The number of ether oxygens (including phenoxy) is 1. The molecule has 2 amide bonds. The van der Waals surface area contributed by atoms with Crippen LogP contribution < -0.4 is 14.4 Å². The Morgan fingerprint density at radius 1 is 1.16 bits per heavy atom. The molecule has 0 aromatic heterocycles. The zero-order chi connectivity index (χ0) is 28.6. The summed E-state index contributed by atoms with van der Waals surface area (Å²) in [6, 6.07) is 7.80. The van der Waals surface area contributed by atoms with E-state index >= 15 is 0 Å². The van der Waals surface area contributed by atoms with E-state index in [1.807, 2.05) is 13.8 Å². The van der Waals surface area contributed by atoms with Crippen molar-refractivity contribution in [3.05, 3.63) is 64.0 Å². The second-order valence-corrected chi connectivity index (χ2v) is 11.0. The van der Waals surface area contributed by atoms with Gasteiger partial charge in [-0.3, -0.25) is 24.0 Å². The number of methoxy groups -OCH3 is 1. The summed E-state index contributed by atoms with van der Waals surface area (Å²) >= 11 is 0. The molecular weight excluding hydrogens is 519 g/mol. The van der Waals surface area contributed by atoms with Crippen LogP contribution in [0.4, 0.5) is 15.8 Å². The highest BCUT2D eigenvalue weighted by Gasteiger charge is 2.33. The summed E-state index contributed by atoms with van der Waals surface area (Å²) in [7, 11) is -2.88. The predicted molar refractivity (Wildman–Crippen MR) is 141 cm³/mol. The number of hydrogen-bond acceptors (Lipinski definition) is 7. The standard InChI is InChI=1S/C25H33FN4O7S/c1-6-21(25(32)27-14-17(2)3)28(15-18-7-9-19(26)10-8-18)24(31)16-29(38(5,35)36)22-13-20(30(33)34)11-12-23(22)37-4/h7-13,17,21H,6,14-16H2,1-5H3,(H,27,32). The summed E-state index contributed by atoms with van der Waals surface area (Å²) in [6.45, 7) is 5.05. The average molecular weight is 553 g/mol. The van der Waals surface area contributed by atoms with Gasteiger partial charge in [-0.2, -0.15) is 0 Å². The van der Waals surface area contributed by atoms with E-state index in [9.17, 15) is 32.5 Å². The van der Waals surface area contributed by atoms with E-state index in [1.54, 1.807) is 6.92 Å². The van der Waals surface area contributed by atoms with Gasteiger partial charge in [0.05, 0.1) is 18.3 Å². The molecule has 1 atom stereocenters. The number of halogens is 1. The third-order valence-electron chi connectivity index (χ3n) is 5.66. The second kappa shape index (κ2) is 13.2. The molecule has 0 aliphatic carbocycles. The van der Waals surface area contributed by atoms with Crippen molar-refractivity contribution in [1.82, 2.24) is 10.2 Å². The van der Waals surface area contributed by atoms with Gasteiger partial charge >= 0.3 is 0 Å². The molecule has 0 spiro atoms. The van der Waals surface area contributed by atoms with E-state index in [0.717, 1.165) is 18.4 Å². The monoisotopic (exact) mass is 552 g/mol. The Morgan fingerprint density at radius 2 is 1.79 bits per heavy atom. The maximum atomic E-state index is 13.7. The maximum absolute atomic E-state index is 13.7. The summed E-state index contributed by atoms with van der Waals surface area (Å²) in [4.78, 5) is 38.6. The Hall–Kier alpha value is -3.74. The first-order valence-corrected chi connectivity index (χ1v) is 13.7. The van der Waals surface area contributed by atoms with E-state index in [4.69, 9.17) is 4.74 Å². The summed E-state index contributed by atoms with van der Waals surface area (Å²) < 4.78 is 45.0. The molecule has 0 bridgehead atoms. The number of sulfonamides is 1. The van der Waals surface area contributed by atoms with Crippen molar-refractivity contribution in [3.63, 3.8) is 0 Å². The van der Waals surface area contributed by atoms with Crippen molar-refractivity contribution in [2.75, 3.05) is 30.8 Å². The van der Waals surface area contributed by atoms with Crippen LogP contribution in [0.5, 0.6) is 5.75 Å². The largest absolute Gasteiger partial charge is 0.495 e. The lowest BCUT2D eigenvalue weighted by molar-refractivity contribution is -0.384. The molecule has 0 heterocycles. The van der Waals surface area contributed by atoms with Gasteiger partial charge in [0.2, 0.25) is 21.8 Å². The number of nitro groups is 1. The van der Waals surface area contributed by atoms with Crippen LogP contribution in [0.15, 0.2) is 42.5 Å². The van der Waals surface area contributed by atoms with Crippen molar-refractivity contribution in [2.45, 2.75) is 39.8 Å². The minimum absolute atomic E-state index is 0.000581.